The summed E-state index contributed by atoms with van der Waals surface area (Å²) in [6.45, 7) is 0.917. The van der Waals surface area contributed by atoms with Crippen LogP contribution in [0, 0.1) is 0 Å². The number of nitrogens with zero attached hydrogens (tertiary/aromatic N) is 1. The van der Waals surface area contributed by atoms with Gasteiger partial charge < -0.3 is 10.6 Å². The molecule has 2 rings (SSSR count). The van der Waals surface area contributed by atoms with Gasteiger partial charge in [0.05, 0.1) is 4.47 Å². The second kappa shape index (κ2) is 4.28. The highest BCUT2D eigenvalue weighted by Crippen LogP contribution is 2.22. The van der Waals surface area contributed by atoms with Crippen molar-refractivity contribution in [1.29, 1.82) is 0 Å². The van der Waals surface area contributed by atoms with Gasteiger partial charge in [-0.3, -0.25) is 0 Å². The Kier molecular flexibility index (Phi) is 3.03. The van der Waals surface area contributed by atoms with E-state index in [0.29, 0.717) is 0 Å². The van der Waals surface area contributed by atoms with Gasteiger partial charge in [-0.15, -0.1) is 0 Å². The van der Waals surface area contributed by atoms with Crippen molar-refractivity contribution >= 4 is 21.7 Å². The number of anilines is 1. The Bertz CT molecular complexity index is 323. The maximum atomic E-state index is 4.30. The zero-order valence-corrected chi connectivity index (χ0v) is 9.76. The highest BCUT2D eigenvalue weighted by molar-refractivity contribution is 9.10. The minimum Gasteiger partial charge on any atom is -0.372 e. The topological polar surface area (TPSA) is 37.0 Å². The molecule has 1 aliphatic rings. The Morgan fingerprint density at radius 3 is 2.93 bits per heavy atom. The molecular weight excluding hydrogens is 242 g/mol. The number of halogens is 1. The third kappa shape index (κ3) is 2.45. The van der Waals surface area contributed by atoms with Crippen LogP contribution in [0.3, 0.4) is 0 Å². The molecule has 4 heteroatoms. The van der Waals surface area contributed by atoms with Crippen molar-refractivity contribution in [1.82, 2.24) is 10.3 Å². The first-order valence-corrected chi connectivity index (χ1v) is 5.64. The average molecular weight is 256 g/mol. The van der Waals surface area contributed by atoms with Crippen molar-refractivity contribution in [2.45, 2.75) is 25.4 Å². The van der Waals surface area contributed by atoms with Crippen molar-refractivity contribution in [2.24, 2.45) is 0 Å². The van der Waals surface area contributed by atoms with Crippen LogP contribution < -0.4 is 10.6 Å². The third-order valence-electron chi connectivity index (χ3n) is 2.31. The smallest absolute Gasteiger partial charge is 0.140 e. The van der Waals surface area contributed by atoms with Crippen molar-refractivity contribution in [3.8, 4) is 0 Å². The van der Waals surface area contributed by atoms with E-state index in [-0.39, 0.29) is 0 Å². The second-order valence-electron chi connectivity index (χ2n) is 3.58. The highest BCUT2D eigenvalue weighted by atomic mass is 79.9. The molecule has 0 bridgehead atoms. The van der Waals surface area contributed by atoms with Gasteiger partial charge in [-0.2, -0.15) is 0 Å². The molecule has 0 aliphatic heterocycles. The van der Waals surface area contributed by atoms with Crippen molar-refractivity contribution < 1.29 is 0 Å². The van der Waals surface area contributed by atoms with Crippen LogP contribution in [0.1, 0.15) is 18.4 Å². The Morgan fingerprint density at radius 2 is 2.36 bits per heavy atom. The van der Waals surface area contributed by atoms with E-state index in [4.69, 9.17) is 0 Å². The van der Waals surface area contributed by atoms with Gasteiger partial charge in [0.25, 0.3) is 0 Å². The Labute approximate surface area is 92.4 Å². The first-order chi connectivity index (χ1) is 6.79. The summed E-state index contributed by atoms with van der Waals surface area (Å²) >= 11 is 3.48. The number of pyridine rings is 1. The van der Waals surface area contributed by atoms with Gasteiger partial charge >= 0.3 is 0 Å². The summed E-state index contributed by atoms with van der Waals surface area (Å²) in [6, 6.07) is 2.85. The van der Waals surface area contributed by atoms with Crippen LogP contribution in [0.25, 0.3) is 0 Å². The van der Waals surface area contributed by atoms with Crippen LogP contribution in [0.5, 0.6) is 0 Å². The van der Waals surface area contributed by atoms with E-state index in [9.17, 15) is 0 Å². The fourth-order valence-electron chi connectivity index (χ4n) is 1.31. The molecule has 0 amide bonds. The Morgan fingerprint density at radius 1 is 1.57 bits per heavy atom. The summed E-state index contributed by atoms with van der Waals surface area (Å²) in [5, 5.41) is 6.48. The van der Waals surface area contributed by atoms with Gasteiger partial charge in [-0.05, 0) is 40.4 Å². The minimum absolute atomic E-state index is 0.748. The SMILES string of the molecule is CNc1ncc(CNC2CC2)cc1Br. The van der Waals surface area contributed by atoms with Crippen LogP contribution in [0.4, 0.5) is 5.82 Å². The normalized spacial score (nSPS) is 15.6. The fourth-order valence-corrected chi connectivity index (χ4v) is 1.90. The quantitative estimate of drug-likeness (QED) is 0.866. The molecule has 14 heavy (non-hydrogen) atoms. The maximum Gasteiger partial charge on any atom is 0.140 e. The van der Waals surface area contributed by atoms with E-state index < -0.39 is 0 Å². The van der Waals surface area contributed by atoms with E-state index in [1.54, 1.807) is 0 Å². The van der Waals surface area contributed by atoms with Gasteiger partial charge in [0.1, 0.15) is 5.82 Å². The molecule has 0 spiro atoms. The van der Waals surface area contributed by atoms with E-state index >= 15 is 0 Å². The predicted octanol–water partition coefficient (Wildman–Crippen LogP) is 2.14. The summed E-state index contributed by atoms with van der Waals surface area (Å²) in [5.74, 6) is 0.889. The van der Waals surface area contributed by atoms with Gasteiger partial charge in [0.2, 0.25) is 0 Å². The molecule has 1 heterocycles. The third-order valence-corrected chi connectivity index (χ3v) is 2.91. The lowest BCUT2D eigenvalue weighted by Crippen LogP contribution is -2.15. The van der Waals surface area contributed by atoms with E-state index in [1.807, 2.05) is 13.2 Å². The summed E-state index contributed by atoms with van der Waals surface area (Å²) < 4.78 is 1.02. The fraction of sp³-hybridized carbons (Fsp3) is 0.500. The lowest BCUT2D eigenvalue weighted by molar-refractivity contribution is 0.686. The largest absolute Gasteiger partial charge is 0.372 e. The average Bonchev–Trinajstić information content (AvgIpc) is 2.98. The van der Waals surface area contributed by atoms with Crippen LogP contribution >= 0.6 is 15.9 Å². The van der Waals surface area contributed by atoms with Gasteiger partial charge in [-0.1, -0.05) is 0 Å². The van der Waals surface area contributed by atoms with E-state index in [1.165, 1.54) is 18.4 Å². The molecule has 76 valence electrons. The number of hydrogen-bond donors (Lipinski definition) is 2. The van der Waals surface area contributed by atoms with Gasteiger partial charge in [0.15, 0.2) is 0 Å². The number of rotatable bonds is 4. The van der Waals surface area contributed by atoms with Crippen molar-refractivity contribution in [2.75, 3.05) is 12.4 Å². The highest BCUT2D eigenvalue weighted by Gasteiger charge is 2.19. The first kappa shape index (κ1) is 9.93. The summed E-state index contributed by atoms with van der Waals surface area (Å²) in [4.78, 5) is 4.30. The molecule has 1 aromatic heterocycles. The van der Waals surface area contributed by atoms with Crippen molar-refractivity contribution in [3.63, 3.8) is 0 Å². The lowest BCUT2D eigenvalue weighted by atomic mass is 10.3. The van der Waals surface area contributed by atoms with Crippen LogP contribution in [-0.2, 0) is 6.54 Å². The molecule has 1 fully saturated rings. The summed E-state index contributed by atoms with van der Waals surface area (Å²) in [5.41, 5.74) is 1.22. The zero-order chi connectivity index (χ0) is 9.97. The molecule has 1 aromatic rings. The molecule has 0 saturated heterocycles. The Hall–Kier alpha value is -0.610. The predicted molar refractivity (Wildman–Crippen MR) is 61.3 cm³/mol. The van der Waals surface area contributed by atoms with Crippen LogP contribution in [0.2, 0.25) is 0 Å². The molecule has 1 saturated carbocycles. The van der Waals surface area contributed by atoms with Gasteiger partial charge in [0, 0.05) is 25.8 Å². The standard InChI is InChI=1S/C10H14BrN3/c1-12-10-9(11)4-7(6-14-10)5-13-8-2-3-8/h4,6,8,13H,2-3,5H2,1H3,(H,12,14). The molecular formula is C10H14BrN3. The van der Waals surface area contributed by atoms with Crippen molar-refractivity contribution in [3.05, 3.63) is 22.3 Å². The number of nitrogens with one attached hydrogen (secondary N) is 2. The summed E-state index contributed by atoms with van der Waals surface area (Å²) in [6.07, 6.45) is 4.55. The number of aromatic nitrogens is 1. The molecule has 0 atom stereocenters. The van der Waals surface area contributed by atoms with Gasteiger partial charge in [-0.25, -0.2) is 4.98 Å². The zero-order valence-electron chi connectivity index (χ0n) is 8.18. The van der Waals surface area contributed by atoms with Crippen LogP contribution in [-0.4, -0.2) is 18.1 Å². The Balaban J connectivity index is 1.99. The monoisotopic (exact) mass is 255 g/mol. The number of hydrogen-bond acceptors (Lipinski definition) is 3. The minimum atomic E-state index is 0.748. The molecule has 3 nitrogen and oxygen atoms in total. The lowest BCUT2D eigenvalue weighted by Gasteiger charge is -2.06. The van der Waals surface area contributed by atoms with E-state index in [0.717, 1.165) is 22.9 Å². The second-order valence-corrected chi connectivity index (χ2v) is 4.43. The van der Waals surface area contributed by atoms with E-state index in [2.05, 4.69) is 37.6 Å². The first-order valence-electron chi connectivity index (χ1n) is 4.85. The molecule has 1 aliphatic carbocycles. The van der Waals surface area contributed by atoms with Crippen LogP contribution in [0.15, 0.2) is 16.7 Å². The summed E-state index contributed by atoms with van der Waals surface area (Å²) in [7, 11) is 1.87. The molecule has 0 unspecified atom stereocenters. The molecule has 0 radical (unpaired) electrons. The molecule has 0 aromatic carbocycles. The molecule has 2 N–H and O–H groups in total. The maximum absolute atomic E-state index is 4.30.